The first kappa shape index (κ1) is 15.6. The van der Waals surface area contributed by atoms with Gasteiger partial charge in [0.2, 0.25) is 0 Å². The highest BCUT2D eigenvalue weighted by Crippen LogP contribution is 2.26. The van der Waals surface area contributed by atoms with E-state index in [0.29, 0.717) is 0 Å². The molecule has 20 heavy (non-hydrogen) atoms. The Hall–Kier alpha value is -0.770. The van der Waals surface area contributed by atoms with Gasteiger partial charge in [-0.15, -0.1) is 0 Å². The van der Waals surface area contributed by atoms with Crippen LogP contribution in [0.4, 0.5) is 5.82 Å². The van der Waals surface area contributed by atoms with E-state index >= 15 is 0 Å². The molecule has 4 heteroatoms. The lowest BCUT2D eigenvalue weighted by Crippen LogP contribution is -2.10. The topological polar surface area (TPSA) is 37.8 Å². The van der Waals surface area contributed by atoms with Gasteiger partial charge in [-0.05, 0) is 44.3 Å². The number of nitrogens with one attached hydrogen (secondary N) is 1. The maximum atomic E-state index is 4.84. The Kier molecular flexibility index (Phi) is 6.14. The number of aryl methyl sites for hydroxylation is 1. The van der Waals surface area contributed by atoms with Gasteiger partial charge in [0, 0.05) is 17.8 Å². The molecule has 1 aromatic heterocycles. The second-order valence-corrected chi connectivity index (χ2v) is 6.94. The highest BCUT2D eigenvalue weighted by Gasteiger charge is 2.16. The number of aromatic nitrogens is 2. The van der Waals surface area contributed by atoms with Gasteiger partial charge < -0.3 is 5.32 Å². The van der Waals surface area contributed by atoms with Gasteiger partial charge in [0.05, 0.1) is 5.75 Å². The Morgan fingerprint density at radius 1 is 1.15 bits per heavy atom. The van der Waals surface area contributed by atoms with E-state index in [1.165, 1.54) is 36.3 Å². The molecule has 112 valence electrons. The molecule has 0 saturated heterocycles. The van der Waals surface area contributed by atoms with E-state index in [2.05, 4.69) is 26.1 Å². The summed E-state index contributed by atoms with van der Waals surface area (Å²) in [5, 5.41) is 3.44. The number of hydrogen-bond donors (Lipinski definition) is 1. The van der Waals surface area contributed by atoms with Crippen LogP contribution in [0.5, 0.6) is 0 Å². The average Bonchev–Trinajstić information content (AvgIpc) is 2.64. The van der Waals surface area contributed by atoms with Crippen molar-refractivity contribution in [2.45, 2.75) is 58.6 Å². The number of thioether (sulfide) groups is 1. The average molecular weight is 293 g/mol. The van der Waals surface area contributed by atoms with Crippen molar-refractivity contribution in [1.29, 1.82) is 0 Å². The molecule has 0 unspecified atom stereocenters. The van der Waals surface area contributed by atoms with Gasteiger partial charge in [-0.1, -0.05) is 20.3 Å². The van der Waals surface area contributed by atoms with Crippen LogP contribution < -0.4 is 5.32 Å². The third kappa shape index (κ3) is 4.37. The van der Waals surface area contributed by atoms with Crippen LogP contribution in [0.2, 0.25) is 0 Å². The summed E-state index contributed by atoms with van der Waals surface area (Å²) in [4.78, 5) is 9.61. The molecule has 0 spiro atoms. The van der Waals surface area contributed by atoms with E-state index in [4.69, 9.17) is 9.97 Å². The first-order valence-corrected chi connectivity index (χ1v) is 9.06. The zero-order valence-electron chi connectivity index (χ0n) is 13.0. The summed E-state index contributed by atoms with van der Waals surface area (Å²) in [6.45, 7) is 7.59. The molecule has 0 atom stereocenters. The molecular formula is C16H27N3S. The van der Waals surface area contributed by atoms with Crippen molar-refractivity contribution < 1.29 is 0 Å². The maximum absolute atomic E-state index is 4.84. The van der Waals surface area contributed by atoms with Crippen LogP contribution in [0.3, 0.4) is 0 Å². The number of anilines is 1. The zero-order valence-corrected chi connectivity index (χ0v) is 13.9. The molecule has 3 nitrogen and oxygen atoms in total. The molecule has 0 bridgehead atoms. The minimum atomic E-state index is 0.731. The summed E-state index contributed by atoms with van der Waals surface area (Å²) in [5.74, 6) is 4.95. The number of nitrogens with zero attached hydrogens (tertiary/aromatic N) is 2. The van der Waals surface area contributed by atoms with Crippen molar-refractivity contribution >= 4 is 17.6 Å². The van der Waals surface area contributed by atoms with E-state index in [9.17, 15) is 0 Å². The molecular weight excluding hydrogens is 266 g/mol. The van der Waals surface area contributed by atoms with E-state index in [1.54, 1.807) is 0 Å². The quantitative estimate of drug-likeness (QED) is 0.802. The number of rotatable bonds is 6. The summed E-state index contributed by atoms with van der Waals surface area (Å²) in [6, 6.07) is 0. The van der Waals surface area contributed by atoms with Crippen LogP contribution in [-0.4, -0.2) is 22.3 Å². The zero-order chi connectivity index (χ0) is 14.4. The van der Waals surface area contributed by atoms with Crippen molar-refractivity contribution in [3.05, 3.63) is 17.1 Å². The van der Waals surface area contributed by atoms with E-state index in [1.807, 2.05) is 11.8 Å². The van der Waals surface area contributed by atoms with Gasteiger partial charge in [0.1, 0.15) is 11.6 Å². The Labute approximate surface area is 127 Å². The fourth-order valence-corrected chi connectivity index (χ4v) is 3.49. The molecule has 0 amide bonds. The third-order valence-electron chi connectivity index (χ3n) is 3.51. The second kappa shape index (κ2) is 7.87. The van der Waals surface area contributed by atoms with Crippen LogP contribution in [0.25, 0.3) is 0 Å². The minimum Gasteiger partial charge on any atom is -0.370 e. The Balaban J connectivity index is 2.16. The molecule has 1 aliphatic carbocycles. The highest BCUT2D eigenvalue weighted by atomic mass is 32.2. The predicted octanol–water partition coefficient (Wildman–Crippen LogP) is 4.07. The molecule has 0 fully saturated rings. The van der Waals surface area contributed by atoms with E-state index < -0.39 is 0 Å². The molecule has 0 radical (unpaired) electrons. The van der Waals surface area contributed by atoms with E-state index in [0.717, 1.165) is 42.7 Å². The van der Waals surface area contributed by atoms with Gasteiger partial charge in [-0.25, -0.2) is 9.97 Å². The summed E-state index contributed by atoms with van der Waals surface area (Å²) in [6.07, 6.45) is 6.12. The van der Waals surface area contributed by atoms with Crippen LogP contribution in [0.15, 0.2) is 0 Å². The Morgan fingerprint density at radius 2 is 1.95 bits per heavy atom. The fraction of sp³-hybridized carbons (Fsp3) is 0.750. The van der Waals surface area contributed by atoms with Crippen molar-refractivity contribution in [3.63, 3.8) is 0 Å². The lowest BCUT2D eigenvalue weighted by Gasteiger charge is -2.14. The third-order valence-corrected chi connectivity index (χ3v) is 4.87. The van der Waals surface area contributed by atoms with Gasteiger partial charge >= 0.3 is 0 Å². The molecule has 0 saturated carbocycles. The lowest BCUT2D eigenvalue weighted by atomic mass is 10.1. The van der Waals surface area contributed by atoms with Gasteiger partial charge in [0.15, 0.2) is 0 Å². The van der Waals surface area contributed by atoms with Gasteiger partial charge in [0.25, 0.3) is 0 Å². The van der Waals surface area contributed by atoms with Gasteiger partial charge in [-0.2, -0.15) is 11.8 Å². The van der Waals surface area contributed by atoms with Crippen molar-refractivity contribution in [2.75, 3.05) is 17.6 Å². The summed E-state index contributed by atoms with van der Waals surface area (Å²) < 4.78 is 0. The Morgan fingerprint density at radius 3 is 2.70 bits per heavy atom. The SMILES string of the molecule is CCNc1nc(CSCC(C)C)nc2c1CCCCC2. The van der Waals surface area contributed by atoms with Crippen molar-refractivity contribution in [2.24, 2.45) is 5.92 Å². The Bertz CT molecular complexity index is 432. The van der Waals surface area contributed by atoms with E-state index in [-0.39, 0.29) is 0 Å². The molecule has 2 rings (SSSR count). The predicted molar refractivity (Wildman–Crippen MR) is 88.5 cm³/mol. The maximum Gasteiger partial charge on any atom is 0.140 e. The number of hydrogen-bond acceptors (Lipinski definition) is 4. The lowest BCUT2D eigenvalue weighted by molar-refractivity contribution is 0.708. The highest BCUT2D eigenvalue weighted by molar-refractivity contribution is 7.98. The number of fused-ring (bicyclic) bond motifs is 1. The fourth-order valence-electron chi connectivity index (χ4n) is 2.59. The standard InChI is InChI=1S/C16H27N3S/c1-4-17-16-13-8-6-5-7-9-14(13)18-15(19-16)11-20-10-12(2)3/h12H,4-11H2,1-3H3,(H,17,18,19). The molecule has 0 aliphatic heterocycles. The summed E-state index contributed by atoms with van der Waals surface area (Å²) >= 11 is 1.94. The van der Waals surface area contributed by atoms with Crippen LogP contribution >= 0.6 is 11.8 Å². The van der Waals surface area contributed by atoms with Crippen molar-refractivity contribution in [3.8, 4) is 0 Å². The molecule has 0 aromatic carbocycles. The molecule has 1 aliphatic rings. The van der Waals surface area contributed by atoms with Crippen LogP contribution in [-0.2, 0) is 18.6 Å². The monoisotopic (exact) mass is 293 g/mol. The molecule has 1 N–H and O–H groups in total. The van der Waals surface area contributed by atoms with Crippen molar-refractivity contribution in [1.82, 2.24) is 9.97 Å². The smallest absolute Gasteiger partial charge is 0.140 e. The minimum absolute atomic E-state index is 0.731. The van der Waals surface area contributed by atoms with Crippen LogP contribution in [0.1, 0.15) is 57.1 Å². The van der Waals surface area contributed by atoms with Gasteiger partial charge in [-0.3, -0.25) is 0 Å². The molecule has 1 aromatic rings. The first-order chi connectivity index (χ1) is 9.70. The van der Waals surface area contributed by atoms with Crippen LogP contribution in [0, 0.1) is 5.92 Å². The second-order valence-electron chi connectivity index (χ2n) is 5.91. The largest absolute Gasteiger partial charge is 0.370 e. The summed E-state index contributed by atoms with van der Waals surface area (Å²) in [5.41, 5.74) is 2.68. The normalized spacial score (nSPS) is 15.0. The summed E-state index contributed by atoms with van der Waals surface area (Å²) in [7, 11) is 0. The first-order valence-electron chi connectivity index (χ1n) is 7.91. The molecule has 1 heterocycles.